The molecule has 10 heteroatoms. The van der Waals surface area contributed by atoms with Crippen LogP contribution in [0.15, 0.2) is 60.9 Å². The average Bonchev–Trinajstić information content (AvgIpc) is 3.11. The van der Waals surface area contributed by atoms with Crippen LogP contribution in [0.3, 0.4) is 0 Å². The number of pyridine rings is 2. The molecule has 0 N–H and O–H groups in total. The van der Waals surface area contributed by atoms with Crippen LogP contribution in [-0.4, -0.2) is 76.8 Å². The second-order valence-electron chi connectivity index (χ2n) is 12.1. The quantitative estimate of drug-likeness (QED) is 0.103. The van der Waals surface area contributed by atoms with Gasteiger partial charge in [-0.25, -0.2) is 0 Å². The summed E-state index contributed by atoms with van der Waals surface area (Å²) in [6.45, 7) is 15.8. The molecule has 0 fully saturated rings. The molecule has 4 aromatic rings. The van der Waals surface area contributed by atoms with Gasteiger partial charge in [-0.1, -0.05) is 0 Å². The molecule has 10 nitrogen and oxygen atoms in total. The Kier molecular flexibility index (Phi) is 13.2. The molecule has 2 aromatic carbocycles. The van der Waals surface area contributed by atoms with Crippen molar-refractivity contribution < 1.29 is 28.4 Å². The Bertz CT molecular complexity index is 1460. The van der Waals surface area contributed by atoms with Crippen molar-refractivity contribution in [3.05, 3.63) is 60.9 Å². The van der Waals surface area contributed by atoms with Crippen molar-refractivity contribution in [1.29, 1.82) is 0 Å². The molecule has 0 spiro atoms. The summed E-state index contributed by atoms with van der Waals surface area (Å²) < 4.78 is 34.4. The number of rotatable bonds is 18. The third kappa shape index (κ3) is 9.19. The van der Waals surface area contributed by atoms with Gasteiger partial charge in [0, 0.05) is 37.3 Å². The smallest absolute Gasteiger partial charge is 0.203 e. The summed E-state index contributed by atoms with van der Waals surface area (Å²) in [5.74, 6) is 3.63. The molecule has 0 aliphatic rings. The summed E-state index contributed by atoms with van der Waals surface area (Å²) in [6, 6.07) is 16.1. The van der Waals surface area contributed by atoms with E-state index >= 15 is 0 Å². The lowest BCUT2D eigenvalue weighted by Crippen LogP contribution is -2.30. The van der Waals surface area contributed by atoms with E-state index in [4.69, 9.17) is 38.4 Å². The van der Waals surface area contributed by atoms with Crippen molar-refractivity contribution in [2.75, 3.05) is 64.4 Å². The molecular weight excluding hydrogens is 620 g/mol. The van der Waals surface area contributed by atoms with E-state index in [2.05, 4.69) is 35.8 Å². The van der Waals surface area contributed by atoms with E-state index in [0.717, 1.165) is 66.5 Å². The summed E-state index contributed by atoms with van der Waals surface area (Å²) in [5.41, 5.74) is 5.61. The third-order valence-corrected chi connectivity index (χ3v) is 8.07. The molecule has 4 rings (SSSR count). The molecule has 2 aromatic heterocycles. The van der Waals surface area contributed by atoms with Gasteiger partial charge in [-0.05, 0) is 96.5 Å². The fraction of sp³-hybridized carbons (Fsp3) is 0.436. The molecule has 0 aliphatic heterocycles. The number of hydrogen-bond acceptors (Lipinski definition) is 10. The first-order valence-electron chi connectivity index (χ1n) is 16.9. The van der Waals surface area contributed by atoms with Crippen LogP contribution in [-0.2, 0) is 0 Å². The van der Waals surface area contributed by atoms with Gasteiger partial charge < -0.3 is 38.2 Å². The summed E-state index contributed by atoms with van der Waals surface area (Å²) >= 11 is 0. The Morgan fingerprint density at radius 2 is 0.898 bits per heavy atom. The number of nitrogens with zero attached hydrogens (tertiary/aromatic N) is 4. The Morgan fingerprint density at radius 3 is 1.14 bits per heavy atom. The molecule has 264 valence electrons. The van der Waals surface area contributed by atoms with E-state index < -0.39 is 0 Å². The van der Waals surface area contributed by atoms with Crippen LogP contribution in [0.4, 0.5) is 11.4 Å². The monoisotopic (exact) mass is 672 g/mol. The lowest BCUT2D eigenvalue weighted by molar-refractivity contribution is 0.218. The van der Waals surface area contributed by atoms with Crippen molar-refractivity contribution >= 4 is 11.4 Å². The van der Waals surface area contributed by atoms with Gasteiger partial charge in [0.2, 0.25) is 11.5 Å². The molecule has 0 aliphatic carbocycles. The number of ether oxygens (including phenoxy) is 6. The molecule has 0 saturated heterocycles. The van der Waals surface area contributed by atoms with Crippen LogP contribution in [0, 0.1) is 0 Å². The summed E-state index contributed by atoms with van der Waals surface area (Å²) in [6.07, 6.45) is 4.82. The second-order valence-corrected chi connectivity index (χ2v) is 12.1. The van der Waals surface area contributed by atoms with E-state index in [0.29, 0.717) is 34.5 Å². The maximum absolute atomic E-state index is 5.96. The third-order valence-electron chi connectivity index (χ3n) is 8.07. The number of methoxy groups -OCH3 is 4. The zero-order valence-electron chi connectivity index (χ0n) is 30.7. The Balaban J connectivity index is 1.42. The zero-order valence-corrected chi connectivity index (χ0v) is 30.7. The molecule has 0 saturated carbocycles. The first-order chi connectivity index (χ1) is 23.6. The van der Waals surface area contributed by atoms with E-state index in [1.807, 2.05) is 76.5 Å². The Morgan fingerprint density at radius 1 is 0.551 bits per heavy atom. The van der Waals surface area contributed by atoms with E-state index in [1.165, 1.54) is 0 Å². The zero-order chi connectivity index (χ0) is 35.5. The predicted octanol–water partition coefficient (Wildman–Crippen LogP) is 8.16. The van der Waals surface area contributed by atoms with Crippen LogP contribution in [0.1, 0.15) is 48.0 Å². The SMILES string of the molecule is CCN(CCCN(CC)c1ccc(-c2cc(OC)c(OC(C)C)c(OC)c2)nc1)c1ccc(-c2cc(OC)c(OC(C)C)c(OC)c2)nc1. The van der Waals surface area contributed by atoms with E-state index in [1.54, 1.807) is 28.4 Å². The highest BCUT2D eigenvalue weighted by atomic mass is 16.5. The number of benzene rings is 2. The van der Waals surface area contributed by atoms with Gasteiger partial charge in [0.05, 0.1) is 75.8 Å². The lowest BCUT2D eigenvalue weighted by atomic mass is 10.1. The lowest BCUT2D eigenvalue weighted by Gasteiger charge is -2.27. The summed E-state index contributed by atoms with van der Waals surface area (Å²) in [5, 5.41) is 0. The second kappa shape index (κ2) is 17.5. The molecule has 0 radical (unpaired) electrons. The average molecular weight is 673 g/mol. The van der Waals surface area contributed by atoms with Crippen molar-refractivity contribution in [2.45, 2.75) is 60.2 Å². The standard InChI is InChI=1S/C39H52N4O6/c1-11-42(30-14-16-32(40-24-30)28-20-34(44-7)38(48-26(3)4)35(21-28)45-8)18-13-19-43(12-2)31-15-17-33(41-25-31)29-22-36(46-9)39(49-27(5)6)37(23-29)47-10/h14-17,20-27H,11-13,18-19H2,1-10H3. The van der Waals surface area contributed by atoms with Gasteiger partial charge >= 0.3 is 0 Å². The summed E-state index contributed by atoms with van der Waals surface area (Å²) in [4.78, 5) is 14.3. The van der Waals surface area contributed by atoms with Crippen molar-refractivity contribution in [2.24, 2.45) is 0 Å². The van der Waals surface area contributed by atoms with Crippen LogP contribution < -0.4 is 38.2 Å². The molecular formula is C39H52N4O6. The minimum absolute atomic E-state index is 0.0121. The van der Waals surface area contributed by atoms with Crippen molar-refractivity contribution in [3.8, 4) is 57.0 Å². The van der Waals surface area contributed by atoms with Crippen LogP contribution >= 0.6 is 0 Å². The van der Waals surface area contributed by atoms with Crippen molar-refractivity contribution in [1.82, 2.24) is 9.97 Å². The fourth-order valence-electron chi connectivity index (χ4n) is 5.64. The number of anilines is 2. The van der Waals surface area contributed by atoms with Crippen LogP contribution in [0.5, 0.6) is 34.5 Å². The topological polar surface area (TPSA) is 87.6 Å². The minimum Gasteiger partial charge on any atom is -0.493 e. The predicted molar refractivity (Wildman–Crippen MR) is 197 cm³/mol. The van der Waals surface area contributed by atoms with Gasteiger partial charge in [-0.2, -0.15) is 0 Å². The molecule has 0 amide bonds. The summed E-state index contributed by atoms with van der Waals surface area (Å²) in [7, 11) is 6.52. The van der Waals surface area contributed by atoms with Gasteiger partial charge in [0.1, 0.15) is 0 Å². The molecule has 0 unspecified atom stereocenters. The van der Waals surface area contributed by atoms with Gasteiger partial charge in [0.25, 0.3) is 0 Å². The van der Waals surface area contributed by atoms with Gasteiger partial charge in [-0.15, -0.1) is 0 Å². The first kappa shape index (κ1) is 37.0. The van der Waals surface area contributed by atoms with Crippen LogP contribution in [0.25, 0.3) is 22.5 Å². The Labute approximate surface area is 291 Å². The normalized spacial score (nSPS) is 11.0. The highest BCUT2D eigenvalue weighted by Gasteiger charge is 2.19. The maximum atomic E-state index is 5.96. The fourth-order valence-corrected chi connectivity index (χ4v) is 5.64. The van der Waals surface area contributed by atoms with Crippen LogP contribution in [0.2, 0.25) is 0 Å². The molecule has 49 heavy (non-hydrogen) atoms. The first-order valence-corrected chi connectivity index (χ1v) is 16.9. The highest BCUT2D eigenvalue weighted by Crippen LogP contribution is 2.43. The van der Waals surface area contributed by atoms with E-state index in [9.17, 15) is 0 Å². The Hall–Kier alpha value is -4.86. The number of aromatic nitrogens is 2. The minimum atomic E-state index is -0.0121. The van der Waals surface area contributed by atoms with E-state index in [-0.39, 0.29) is 12.2 Å². The molecule has 0 bridgehead atoms. The molecule has 2 heterocycles. The largest absolute Gasteiger partial charge is 0.493 e. The number of hydrogen-bond donors (Lipinski definition) is 0. The maximum Gasteiger partial charge on any atom is 0.203 e. The molecule has 0 atom stereocenters. The highest BCUT2D eigenvalue weighted by molar-refractivity contribution is 5.71. The van der Waals surface area contributed by atoms with Crippen molar-refractivity contribution in [3.63, 3.8) is 0 Å². The van der Waals surface area contributed by atoms with Gasteiger partial charge in [0.15, 0.2) is 23.0 Å². The van der Waals surface area contributed by atoms with Gasteiger partial charge in [-0.3, -0.25) is 9.97 Å².